The Morgan fingerprint density at radius 2 is 1.83 bits per heavy atom. The highest BCUT2D eigenvalue weighted by Crippen LogP contribution is 2.29. The van der Waals surface area contributed by atoms with Crippen molar-refractivity contribution < 1.29 is 24.2 Å². The molecule has 1 aromatic heterocycles. The van der Waals surface area contributed by atoms with Crippen LogP contribution in [0.5, 0.6) is 11.5 Å². The number of hydrogen-bond acceptors (Lipinski definition) is 6. The SMILES string of the molecule is COc1cccc(C(=O)OCC(=O)Nc2c(C)nn(-c3ccccc3)c2C)c1O. The third-order valence-corrected chi connectivity index (χ3v) is 4.33. The highest BCUT2D eigenvalue weighted by atomic mass is 16.5. The summed E-state index contributed by atoms with van der Waals surface area (Å²) in [5.74, 6) is -1.54. The summed E-state index contributed by atoms with van der Waals surface area (Å²) in [6.07, 6.45) is 0. The van der Waals surface area contributed by atoms with Gasteiger partial charge in [0.25, 0.3) is 5.91 Å². The van der Waals surface area contributed by atoms with Gasteiger partial charge in [-0.3, -0.25) is 4.79 Å². The molecule has 3 rings (SSSR count). The van der Waals surface area contributed by atoms with Crippen LogP contribution in [-0.4, -0.2) is 40.5 Å². The quantitative estimate of drug-likeness (QED) is 0.622. The number of benzene rings is 2. The van der Waals surface area contributed by atoms with Gasteiger partial charge in [-0.25, -0.2) is 9.48 Å². The van der Waals surface area contributed by atoms with E-state index in [1.807, 2.05) is 37.3 Å². The Balaban J connectivity index is 1.68. The van der Waals surface area contributed by atoms with Crippen molar-refractivity contribution in [1.29, 1.82) is 0 Å². The van der Waals surface area contributed by atoms with Crippen LogP contribution >= 0.6 is 0 Å². The molecule has 8 nitrogen and oxygen atoms in total. The first-order valence-electron chi connectivity index (χ1n) is 8.87. The molecule has 2 N–H and O–H groups in total. The molecule has 0 spiro atoms. The van der Waals surface area contributed by atoms with Crippen LogP contribution in [0.1, 0.15) is 21.7 Å². The lowest BCUT2D eigenvalue weighted by molar-refractivity contribution is -0.119. The number of methoxy groups -OCH3 is 1. The molecule has 0 radical (unpaired) electrons. The van der Waals surface area contributed by atoms with Crippen molar-refractivity contribution in [2.75, 3.05) is 19.0 Å². The number of nitrogens with one attached hydrogen (secondary N) is 1. The first-order valence-corrected chi connectivity index (χ1v) is 8.87. The molecule has 0 fully saturated rings. The van der Waals surface area contributed by atoms with Gasteiger partial charge in [0, 0.05) is 0 Å². The van der Waals surface area contributed by atoms with E-state index >= 15 is 0 Å². The summed E-state index contributed by atoms with van der Waals surface area (Å²) >= 11 is 0. The number of ether oxygens (including phenoxy) is 2. The van der Waals surface area contributed by atoms with Crippen molar-refractivity contribution in [2.45, 2.75) is 13.8 Å². The smallest absolute Gasteiger partial charge is 0.342 e. The van der Waals surface area contributed by atoms with E-state index < -0.39 is 18.5 Å². The molecule has 0 unspecified atom stereocenters. The summed E-state index contributed by atoms with van der Waals surface area (Å²) in [5.41, 5.74) is 2.73. The van der Waals surface area contributed by atoms with Crippen LogP contribution in [-0.2, 0) is 9.53 Å². The Labute approximate surface area is 167 Å². The fraction of sp³-hybridized carbons (Fsp3) is 0.190. The minimum Gasteiger partial charge on any atom is -0.504 e. The Morgan fingerprint density at radius 3 is 2.52 bits per heavy atom. The molecule has 3 aromatic rings. The first kappa shape index (κ1) is 19.9. The number of phenolic OH excluding ortho intramolecular Hbond substituents is 1. The summed E-state index contributed by atoms with van der Waals surface area (Å²) in [6, 6.07) is 14.0. The fourth-order valence-corrected chi connectivity index (χ4v) is 2.88. The molecular formula is C21H21N3O5. The number of aromatic hydroxyl groups is 1. The van der Waals surface area contributed by atoms with Crippen molar-refractivity contribution in [1.82, 2.24) is 9.78 Å². The van der Waals surface area contributed by atoms with Gasteiger partial charge < -0.3 is 19.9 Å². The second kappa shape index (κ2) is 8.47. The van der Waals surface area contributed by atoms with Crippen LogP contribution in [0.15, 0.2) is 48.5 Å². The topological polar surface area (TPSA) is 103 Å². The second-order valence-corrected chi connectivity index (χ2v) is 6.27. The number of rotatable bonds is 6. The number of esters is 1. The largest absolute Gasteiger partial charge is 0.504 e. The molecule has 0 saturated carbocycles. The summed E-state index contributed by atoms with van der Waals surface area (Å²) < 4.78 is 11.7. The van der Waals surface area contributed by atoms with Crippen molar-refractivity contribution in [2.24, 2.45) is 0 Å². The molecule has 8 heteroatoms. The summed E-state index contributed by atoms with van der Waals surface area (Å²) in [4.78, 5) is 24.5. The Hall–Kier alpha value is -3.81. The van der Waals surface area contributed by atoms with E-state index in [0.717, 1.165) is 11.4 Å². The zero-order valence-electron chi connectivity index (χ0n) is 16.3. The number of carbonyl (C=O) groups excluding carboxylic acids is 2. The minimum absolute atomic E-state index is 0.0820. The number of nitrogens with zero attached hydrogens (tertiary/aromatic N) is 2. The maximum atomic E-state index is 12.3. The monoisotopic (exact) mass is 395 g/mol. The van der Waals surface area contributed by atoms with Crippen LogP contribution in [0.2, 0.25) is 0 Å². The predicted octanol–water partition coefficient (Wildman–Crippen LogP) is 3.00. The number of phenols is 1. The van der Waals surface area contributed by atoms with Gasteiger partial charge in [0.2, 0.25) is 0 Å². The number of carbonyl (C=O) groups is 2. The van der Waals surface area contributed by atoms with Gasteiger partial charge >= 0.3 is 5.97 Å². The molecule has 1 heterocycles. The van der Waals surface area contributed by atoms with Crippen molar-refractivity contribution in [3.05, 3.63) is 65.5 Å². The Kier molecular flexibility index (Phi) is 5.82. The lowest BCUT2D eigenvalue weighted by Gasteiger charge is -2.10. The van der Waals surface area contributed by atoms with Crippen LogP contribution in [0.3, 0.4) is 0 Å². The van der Waals surface area contributed by atoms with Gasteiger partial charge in [0.05, 0.1) is 29.9 Å². The van der Waals surface area contributed by atoms with E-state index in [1.165, 1.54) is 19.2 Å². The standard InChI is InChI=1S/C21H21N3O5/c1-13-19(14(2)24(23-13)15-8-5-4-6-9-15)22-18(25)12-29-21(27)16-10-7-11-17(28-3)20(16)26/h4-11,26H,12H2,1-3H3,(H,22,25). The highest BCUT2D eigenvalue weighted by molar-refractivity contribution is 5.97. The second-order valence-electron chi connectivity index (χ2n) is 6.27. The zero-order valence-corrected chi connectivity index (χ0v) is 16.3. The molecule has 1 amide bonds. The molecule has 0 bridgehead atoms. The van der Waals surface area contributed by atoms with E-state index in [0.29, 0.717) is 11.4 Å². The van der Waals surface area contributed by atoms with Crippen molar-refractivity contribution in [3.63, 3.8) is 0 Å². The van der Waals surface area contributed by atoms with Gasteiger partial charge in [-0.2, -0.15) is 5.10 Å². The van der Waals surface area contributed by atoms with E-state index in [2.05, 4.69) is 10.4 Å². The fourth-order valence-electron chi connectivity index (χ4n) is 2.88. The van der Waals surface area contributed by atoms with Gasteiger partial charge in [-0.1, -0.05) is 24.3 Å². The molecular weight excluding hydrogens is 374 g/mol. The maximum absolute atomic E-state index is 12.3. The lowest BCUT2D eigenvalue weighted by Crippen LogP contribution is -2.21. The summed E-state index contributed by atoms with van der Waals surface area (Å²) in [7, 11) is 1.37. The third-order valence-electron chi connectivity index (χ3n) is 4.33. The molecule has 0 aliphatic carbocycles. The van der Waals surface area contributed by atoms with E-state index in [-0.39, 0.29) is 17.1 Å². The Morgan fingerprint density at radius 1 is 1.10 bits per heavy atom. The summed E-state index contributed by atoms with van der Waals surface area (Å²) in [6.45, 7) is 3.11. The van der Waals surface area contributed by atoms with E-state index in [4.69, 9.17) is 9.47 Å². The zero-order chi connectivity index (χ0) is 21.0. The predicted molar refractivity (Wildman–Crippen MR) is 107 cm³/mol. The van der Waals surface area contributed by atoms with Gasteiger partial charge in [0.1, 0.15) is 5.56 Å². The van der Waals surface area contributed by atoms with Gasteiger partial charge in [-0.05, 0) is 38.1 Å². The number of aromatic nitrogens is 2. The van der Waals surface area contributed by atoms with Crippen molar-refractivity contribution in [3.8, 4) is 17.2 Å². The third kappa shape index (κ3) is 4.21. The first-order chi connectivity index (χ1) is 13.9. The van der Waals surface area contributed by atoms with Crippen molar-refractivity contribution >= 4 is 17.6 Å². The molecule has 2 aromatic carbocycles. The molecule has 0 aliphatic rings. The molecule has 0 saturated heterocycles. The highest BCUT2D eigenvalue weighted by Gasteiger charge is 2.19. The molecule has 29 heavy (non-hydrogen) atoms. The Bertz CT molecular complexity index is 1040. The molecule has 150 valence electrons. The summed E-state index contributed by atoms with van der Waals surface area (Å²) in [5, 5.41) is 17.2. The van der Waals surface area contributed by atoms with Gasteiger partial charge in [-0.15, -0.1) is 0 Å². The number of amides is 1. The van der Waals surface area contributed by atoms with E-state index in [9.17, 15) is 14.7 Å². The number of para-hydroxylation sites is 2. The molecule has 0 atom stereocenters. The normalized spacial score (nSPS) is 10.4. The lowest BCUT2D eigenvalue weighted by atomic mass is 10.2. The average molecular weight is 395 g/mol. The van der Waals surface area contributed by atoms with E-state index in [1.54, 1.807) is 17.7 Å². The molecule has 0 aliphatic heterocycles. The minimum atomic E-state index is -0.829. The van der Waals surface area contributed by atoms with Crippen LogP contribution in [0, 0.1) is 13.8 Å². The van der Waals surface area contributed by atoms with Crippen LogP contribution in [0.25, 0.3) is 5.69 Å². The number of hydrogen-bond donors (Lipinski definition) is 2. The average Bonchev–Trinajstić information content (AvgIpc) is 3.01. The van der Waals surface area contributed by atoms with Crippen LogP contribution < -0.4 is 10.1 Å². The number of anilines is 1. The maximum Gasteiger partial charge on any atom is 0.342 e. The van der Waals surface area contributed by atoms with Crippen LogP contribution in [0.4, 0.5) is 5.69 Å². The number of aryl methyl sites for hydroxylation is 1. The van der Waals surface area contributed by atoms with Gasteiger partial charge in [0.15, 0.2) is 18.1 Å².